The van der Waals surface area contributed by atoms with E-state index in [1.54, 1.807) is 21.0 Å². The van der Waals surface area contributed by atoms with Crippen LogP contribution in [0, 0.1) is 0 Å². The van der Waals surface area contributed by atoms with Crippen molar-refractivity contribution < 1.29 is 38.0 Å². The molecule has 9 nitrogen and oxygen atoms in total. The smallest absolute Gasteiger partial charge is 0.339 e. The van der Waals surface area contributed by atoms with E-state index in [0.29, 0.717) is 17.9 Å². The lowest BCUT2D eigenvalue weighted by Crippen LogP contribution is -2.54. The van der Waals surface area contributed by atoms with Gasteiger partial charge in [-0.05, 0) is 102 Å². The van der Waals surface area contributed by atoms with Gasteiger partial charge in [0, 0.05) is 6.54 Å². The molecule has 4 heterocycles. The summed E-state index contributed by atoms with van der Waals surface area (Å²) < 4.78 is 35.8. The summed E-state index contributed by atoms with van der Waals surface area (Å²) in [5.74, 6) is 0.887. The van der Waals surface area contributed by atoms with Crippen molar-refractivity contribution in [3.8, 4) is 11.5 Å². The number of benzene rings is 1. The zero-order chi connectivity index (χ0) is 28.3. The van der Waals surface area contributed by atoms with Crippen molar-refractivity contribution in [3.63, 3.8) is 0 Å². The third-order valence-corrected chi connectivity index (χ3v) is 9.20. The number of carbonyl (C=O) groups excluding carboxylic acids is 2. The maximum absolute atomic E-state index is 14.3. The molecule has 4 aliphatic heterocycles. The first-order valence-electron chi connectivity index (χ1n) is 14.6. The van der Waals surface area contributed by atoms with Gasteiger partial charge in [0.05, 0.1) is 36.7 Å². The number of fused-ring (bicyclic) bond motifs is 3. The Morgan fingerprint density at radius 1 is 1.07 bits per heavy atom. The van der Waals surface area contributed by atoms with Gasteiger partial charge in [0.15, 0.2) is 23.2 Å². The third kappa shape index (κ3) is 4.55. The van der Waals surface area contributed by atoms with E-state index in [1.165, 1.54) is 5.56 Å². The van der Waals surface area contributed by atoms with Crippen LogP contribution in [0.15, 0.2) is 24.0 Å². The molecule has 4 atom stereocenters. The molecule has 0 aromatic heterocycles. The highest BCUT2D eigenvalue weighted by Crippen LogP contribution is 2.56. The largest absolute Gasteiger partial charge is 0.497 e. The fraction of sp³-hybridized carbons (Fsp3) is 0.677. The van der Waals surface area contributed by atoms with Crippen molar-refractivity contribution in [2.45, 2.75) is 108 Å². The monoisotopic (exact) mass is 555 g/mol. The number of carbonyl (C=O) groups is 2. The van der Waals surface area contributed by atoms with E-state index in [2.05, 4.69) is 23.1 Å². The van der Waals surface area contributed by atoms with Crippen LogP contribution >= 0.6 is 0 Å². The summed E-state index contributed by atoms with van der Waals surface area (Å²) in [6.07, 6.45) is 5.77. The molecule has 0 N–H and O–H groups in total. The molecule has 6 rings (SSSR count). The van der Waals surface area contributed by atoms with Crippen LogP contribution in [-0.4, -0.2) is 72.8 Å². The third-order valence-electron chi connectivity index (χ3n) is 9.20. The number of hydrogen-bond donors (Lipinski definition) is 0. The summed E-state index contributed by atoms with van der Waals surface area (Å²) in [4.78, 5) is 29.7. The van der Waals surface area contributed by atoms with Crippen LogP contribution < -0.4 is 9.47 Å². The molecule has 0 radical (unpaired) electrons. The summed E-state index contributed by atoms with van der Waals surface area (Å²) in [5, 5.41) is 0. The number of methoxy groups -OCH3 is 1. The summed E-state index contributed by atoms with van der Waals surface area (Å²) in [6.45, 7) is 9.55. The molecule has 2 fully saturated rings. The maximum atomic E-state index is 14.3. The Balaban J connectivity index is 1.39. The average Bonchev–Trinajstić information content (AvgIpc) is 3.56. The summed E-state index contributed by atoms with van der Waals surface area (Å²) in [6, 6.07) is 4.14. The van der Waals surface area contributed by atoms with Gasteiger partial charge in [-0.1, -0.05) is 0 Å². The van der Waals surface area contributed by atoms with Crippen LogP contribution in [0.5, 0.6) is 11.5 Å². The van der Waals surface area contributed by atoms with Gasteiger partial charge in [-0.2, -0.15) is 0 Å². The Kier molecular flexibility index (Phi) is 6.81. The van der Waals surface area contributed by atoms with Gasteiger partial charge in [0.1, 0.15) is 5.76 Å². The second-order valence-electron chi connectivity index (χ2n) is 12.7. The highest BCUT2D eigenvalue weighted by molar-refractivity contribution is 5.86. The topological polar surface area (TPSA) is 92.8 Å². The molecule has 1 aromatic carbocycles. The Bertz CT molecular complexity index is 1220. The maximum Gasteiger partial charge on any atom is 0.339 e. The Labute approximate surface area is 236 Å². The molecule has 0 amide bonds. The zero-order valence-corrected chi connectivity index (χ0v) is 24.2. The molecule has 0 bridgehead atoms. The van der Waals surface area contributed by atoms with Gasteiger partial charge >= 0.3 is 11.9 Å². The van der Waals surface area contributed by atoms with Gasteiger partial charge < -0.3 is 28.4 Å². The molecule has 2 saturated heterocycles. The summed E-state index contributed by atoms with van der Waals surface area (Å²) >= 11 is 0. The Morgan fingerprint density at radius 3 is 2.58 bits per heavy atom. The summed E-state index contributed by atoms with van der Waals surface area (Å²) in [7, 11) is 1.63. The quantitative estimate of drug-likeness (QED) is 0.474. The van der Waals surface area contributed by atoms with Gasteiger partial charge in [-0.25, -0.2) is 4.79 Å². The number of ether oxygens (including phenoxy) is 6. The van der Waals surface area contributed by atoms with Crippen molar-refractivity contribution >= 4 is 11.9 Å². The van der Waals surface area contributed by atoms with Gasteiger partial charge in [-0.3, -0.25) is 9.69 Å². The van der Waals surface area contributed by atoms with Crippen molar-refractivity contribution in [3.05, 3.63) is 35.1 Å². The predicted octanol–water partition coefficient (Wildman–Crippen LogP) is 4.40. The molecule has 1 aliphatic carbocycles. The van der Waals surface area contributed by atoms with E-state index in [0.717, 1.165) is 56.5 Å². The molecular formula is C31H41NO8. The lowest BCUT2D eigenvalue weighted by atomic mass is 9.77. The van der Waals surface area contributed by atoms with E-state index < -0.39 is 29.2 Å². The van der Waals surface area contributed by atoms with E-state index in [1.807, 2.05) is 13.8 Å². The first-order chi connectivity index (χ1) is 19.1. The average molecular weight is 556 g/mol. The lowest BCUT2D eigenvalue weighted by molar-refractivity contribution is -0.217. The van der Waals surface area contributed by atoms with E-state index in [9.17, 15) is 9.59 Å². The van der Waals surface area contributed by atoms with Crippen LogP contribution in [0.25, 0.3) is 0 Å². The molecule has 9 heteroatoms. The lowest BCUT2D eigenvalue weighted by Gasteiger charge is -2.44. The van der Waals surface area contributed by atoms with E-state index in [-0.39, 0.29) is 30.8 Å². The highest BCUT2D eigenvalue weighted by Gasteiger charge is 2.60. The fourth-order valence-corrected chi connectivity index (χ4v) is 7.63. The number of nitrogens with zero attached hydrogens (tertiary/aromatic N) is 1. The minimum atomic E-state index is -1.43. The molecule has 2 unspecified atom stereocenters. The first-order valence-corrected chi connectivity index (χ1v) is 14.6. The van der Waals surface area contributed by atoms with Crippen LogP contribution in [0.4, 0.5) is 0 Å². The number of rotatable bonds is 6. The fourth-order valence-electron chi connectivity index (χ4n) is 7.63. The van der Waals surface area contributed by atoms with Crippen molar-refractivity contribution in [1.29, 1.82) is 0 Å². The van der Waals surface area contributed by atoms with Crippen LogP contribution in [0.1, 0.15) is 83.3 Å². The zero-order valence-electron chi connectivity index (χ0n) is 24.2. The van der Waals surface area contributed by atoms with Crippen LogP contribution in [0.3, 0.4) is 0 Å². The van der Waals surface area contributed by atoms with Crippen molar-refractivity contribution in [1.82, 2.24) is 4.90 Å². The van der Waals surface area contributed by atoms with Crippen LogP contribution in [0.2, 0.25) is 0 Å². The van der Waals surface area contributed by atoms with Crippen LogP contribution in [-0.2, 0) is 35.0 Å². The van der Waals surface area contributed by atoms with Gasteiger partial charge in [-0.15, -0.1) is 0 Å². The SMILES string of the molecule is COC1=CC23CCCN2CCc2cc4c(cc2[C@@H]3C1OC(=O)[C@]1(CC(=O)OC(C)C)CCCC(C)(C)O1)OCO4. The standard InChI is InChI=1S/C31H41NO8/c1-19(2)38-25(33)17-31(11-6-9-29(3,4)40-31)28(34)39-27-24(35-5)16-30-10-7-12-32(30)13-8-20-14-22-23(37-18-36-22)15-21(20)26(27)30/h14-16,19,26-27H,6-13,17-18H2,1-5H3/t26-,27?,30?,31-/m1/s1. The Morgan fingerprint density at radius 2 is 1.85 bits per heavy atom. The van der Waals surface area contributed by atoms with E-state index >= 15 is 0 Å². The van der Waals surface area contributed by atoms with E-state index in [4.69, 9.17) is 28.4 Å². The number of hydrogen-bond acceptors (Lipinski definition) is 9. The minimum absolute atomic E-state index is 0.191. The molecule has 218 valence electrons. The van der Waals surface area contributed by atoms with Gasteiger partial charge in [0.2, 0.25) is 6.79 Å². The van der Waals surface area contributed by atoms with Crippen molar-refractivity contribution in [2.24, 2.45) is 0 Å². The van der Waals surface area contributed by atoms with Gasteiger partial charge in [0.25, 0.3) is 0 Å². The molecule has 1 spiro atoms. The Hall–Kier alpha value is -2.78. The first kappa shape index (κ1) is 27.4. The second kappa shape index (κ2) is 9.94. The number of esters is 2. The minimum Gasteiger partial charge on any atom is -0.497 e. The van der Waals surface area contributed by atoms with Crippen molar-refractivity contribution in [2.75, 3.05) is 27.0 Å². The highest BCUT2D eigenvalue weighted by atomic mass is 16.7. The molecule has 0 saturated carbocycles. The molecular weight excluding hydrogens is 514 g/mol. The molecule has 5 aliphatic rings. The predicted molar refractivity (Wildman–Crippen MR) is 145 cm³/mol. The second-order valence-corrected chi connectivity index (χ2v) is 12.7. The molecule has 1 aromatic rings. The normalized spacial score (nSPS) is 32.0. The molecule has 40 heavy (non-hydrogen) atoms. The summed E-state index contributed by atoms with van der Waals surface area (Å²) in [5.41, 5.74) is -0.0967.